The molecule has 0 fully saturated rings. The van der Waals surface area contributed by atoms with Gasteiger partial charge in [-0.2, -0.15) is 16.9 Å². The van der Waals surface area contributed by atoms with E-state index in [1.807, 2.05) is 23.5 Å². The van der Waals surface area contributed by atoms with Crippen LogP contribution >= 0.6 is 11.8 Å². The van der Waals surface area contributed by atoms with Crippen molar-refractivity contribution in [2.24, 2.45) is 7.05 Å². The van der Waals surface area contributed by atoms with Crippen molar-refractivity contribution in [2.45, 2.75) is 25.9 Å². The predicted molar refractivity (Wildman–Crippen MR) is 80.0 cm³/mol. The first-order chi connectivity index (χ1) is 8.72. The van der Waals surface area contributed by atoms with Crippen molar-refractivity contribution in [1.82, 2.24) is 15.1 Å². The summed E-state index contributed by atoms with van der Waals surface area (Å²) in [4.78, 5) is 0. The maximum absolute atomic E-state index is 4.59. The first-order valence-electron chi connectivity index (χ1n) is 6.35. The average Bonchev–Trinajstić information content (AvgIpc) is 2.71. The molecule has 2 rings (SSSR count). The molecule has 18 heavy (non-hydrogen) atoms. The summed E-state index contributed by atoms with van der Waals surface area (Å²) in [5.41, 5.74) is 2.34. The van der Waals surface area contributed by atoms with E-state index in [9.17, 15) is 0 Å². The third-order valence-corrected chi connectivity index (χ3v) is 3.85. The van der Waals surface area contributed by atoms with E-state index in [0.717, 1.165) is 12.2 Å². The molecule has 1 N–H and O–H groups in total. The molecule has 4 heteroatoms. The van der Waals surface area contributed by atoms with Gasteiger partial charge in [-0.05, 0) is 31.4 Å². The number of fused-ring (bicyclic) bond motifs is 1. The highest BCUT2D eigenvalue weighted by atomic mass is 32.2. The SMILES string of the molecule is CSCCC(C)NCc1nn(C)c2ccccc12. The molecule has 0 aliphatic rings. The van der Waals surface area contributed by atoms with Gasteiger partial charge in [0.2, 0.25) is 0 Å². The highest BCUT2D eigenvalue weighted by Gasteiger charge is 2.08. The maximum Gasteiger partial charge on any atom is 0.0841 e. The third kappa shape index (κ3) is 3.06. The summed E-state index contributed by atoms with van der Waals surface area (Å²) in [6.07, 6.45) is 3.35. The van der Waals surface area contributed by atoms with Crippen molar-refractivity contribution in [3.05, 3.63) is 30.0 Å². The molecule has 98 valence electrons. The van der Waals surface area contributed by atoms with Gasteiger partial charge in [0, 0.05) is 25.0 Å². The zero-order valence-electron chi connectivity index (χ0n) is 11.3. The molecular formula is C14H21N3S. The predicted octanol–water partition coefficient (Wildman–Crippen LogP) is 2.80. The molecule has 3 nitrogen and oxygen atoms in total. The molecule has 2 aromatic rings. The summed E-state index contributed by atoms with van der Waals surface area (Å²) >= 11 is 1.90. The van der Waals surface area contributed by atoms with Gasteiger partial charge >= 0.3 is 0 Å². The van der Waals surface area contributed by atoms with E-state index in [0.29, 0.717) is 6.04 Å². The van der Waals surface area contributed by atoms with E-state index in [1.54, 1.807) is 0 Å². The second-order valence-electron chi connectivity index (χ2n) is 4.65. The van der Waals surface area contributed by atoms with Crippen molar-refractivity contribution < 1.29 is 0 Å². The average molecular weight is 263 g/mol. The van der Waals surface area contributed by atoms with Crippen LogP contribution in [0, 0.1) is 0 Å². The molecule has 0 saturated heterocycles. The Kier molecular flexibility index (Phi) is 4.66. The van der Waals surface area contributed by atoms with Crippen LogP contribution in [0.25, 0.3) is 10.9 Å². The summed E-state index contributed by atoms with van der Waals surface area (Å²) in [6.45, 7) is 3.08. The van der Waals surface area contributed by atoms with E-state index in [-0.39, 0.29) is 0 Å². The monoisotopic (exact) mass is 263 g/mol. The fourth-order valence-electron chi connectivity index (χ4n) is 2.09. The zero-order valence-corrected chi connectivity index (χ0v) is 12.1. The molecule has 0 aliphatic heterocycles. The standard InChI is InChI=1S/C14H21N3S/c1-11(8-9-18-3)15-10-13-12-6-4-5-7-14(12)17(2)16-13/h4-7,11,15H,8-10H2,1-3H3. The van der Waals surface area contributed by atoms with Crippen molar-refractivity contribution in [1.29, 1.82) is 0 Å². The molecule has 0 aliphatic carbocycles. The second-order valence-corrected chi connectivity index (χ2v) is 5.64. The molecule has 0 bridgehead atoms. The number of rotatable bonds is 6. The van der Waals surface area contributed by atoms with Gasteiger partial charge < -0.3 is 5.32 Å². The molecule has 1 aromatic heterocycles. The number of aromatic nitrogens is 2. The number of aryl methyl sites for hydroxylation is 1. The van der Waals surface area contributed by atoms with Crippen molar-refractivity contribution in [3.63, 3.8) is 0 Å². The number of hydrogen-bond acceptors (Lipinski definition) is 3. The van der Waals surface area contributed by atoms with Gasteiger partial charge in [0.1, 0.15) is 0 Å². The third-order valence-electron chi connectivity index (χ3n) is 3.21. The van der Waals surface area contributed by atoms with E-state index < -0.39 is 0 Å². The quantitative estimate of drug-likeness (QED) is 0.869. The fraction of sp³-hybridized carbons (Fsp3) is 0.500. The first-order valence-corrected chi connectivity index (χ1v) is 7.74. The number of nitrogens with one attached hydrogen (secondary N) is 1. The molecule has 0 amide bonds. The van der Waals surface area contributed by atoms with Crippen LogP contribution in [0.2, 0.25) is 0 Å². The normalized spacial score (nSPS) is 13.1. The highest BCUT2D eigenvalue weighted by molar-refractivity contribution is 7.98. The molecule has 1 atom stereocenters. The largest absolute Gasteiger partial charge is 0.309 e. The Morgan fingerprint density at radius 2 is 2.17 bits per heavy atom. The number of nitrogens with zero attached hydrogens (tertiary/aromatic N) is 2. The fourth-order valence-corrected chi connectivity index (χ4v) is 2.68. The Bertz CT molecular complexity index is 507. The molecule has 0 saturated carbocycles. The van der Waals surface area contributed by atoms with E-state index >= 15 is 0 Å². The van der Waals surface area contributed by atoms with Crippen molar-refractivity contribution >= 4 is 22.7 Å². The first kappa shape index (κ1) is 13.4. The highest BCUT2D eigenvalue weighted by Crippen LogP contribution is 2.17. The molecule has 0 spiro atoms. The minimum absolute atomic E-state index is 0.540. The lowest BCUT2D eigenvalue weighted by molar-refractivity contribution is 0.530. The van der Waals surface area contributed by atoms with Crippen LogP contribution in [0.4, 0.5) is 0 Å². The molecule has 1 heterocycles. The Morgan fingerprint density at radius 3 is 2.94 bits per heavy atom. The van der Waals surface area contributed by atoms with Crippen LogP contribution in [0.3, 0.4) is 0 Å². The lowest BCUT2D eigenvalue weighted by atomic mass is 10.2. The lowest BCUT2D eigenvalue weighted by Gasteiger charge is -2.11. The van der Waals surface area contributed by atoms with E-state index in [2.05, 4.69) is 47.9 Å². The van der Waals surface area contributed by atoms with Gasteiger partial charge in [-0.25, -0.2) is 0 Å². The summed E-state index contributed by atoms with van der Waals surface area (Å²) in [6, 6.07) is 8.93. The van der Waals surface area contributed by atoms with Crippen LogP contribution in [-0.4, -0.2) is 27.8 Å². The lowest BCUT2D eigenvalue weighted by Crippen LogP contribution is -2.26. The van der Waals surface area contributed by atoms with Crippen LogP contribution in [-0.2, 0) is 13.6 Å². The van der Waals surface area contributed by atoms with Gasteiger partial charge in [0.25, 0.3) is 0 Å². The van der Waals surface area contributed by atoms with Crippen molar-refractivity contribution in [2.75, 3.05) is 12.0 Å². The Morgan fingerprint density at radius 1 is 1.39 bits per heavy atom. The molecule has 0 radical (unpaired) electrons. The summed E-state index contributed by atoms with van der Waals surface area (Å²) < 4.78 is 1.96. The molecule has 1 unspecified atom stereocenters. The number of benzene rings is 1. The molecular weight excluding hydrogens is 242 g/mol. The van der Waals surface area contributed by atoms with E-state index in [4.69, 9.17) is 0 Å². The molecule has 1 aromatic carbocycles. The summed E-state index contributed by atoms with van der Waals surface area (Å²) in [5, 5.41) is 9.40. The second kappa shape index (κ2) is 6.25. The van der Waals surface area contributed by atoms with Gasteiger partial charge in [0.05, 0.1) is 11.2 Å². The zero-order chi connectivity index (χ0) is 13.0. The van der Waals surface area contributed by atoms with Gasteiger partial charge in [-0.3, -0.25) is 4.68 Å². The topological polar surface area (TPSA) is 29.9 Å². The summed E-state index contributed by atoms with van der Waals surface area (Å²) in [7, 11) is 2.00. The Labute approximate surface area is 113 Å². The van der Waals surface area contributed by atoms with Gasteiger partial charge in [-0.15, -0.1) is 0 Å². The smallest absolute Gasteiger partial charge is 0.0841 e. The maximum atomic E-state index is 4.59. The Balaban J connectivity index is 2.03. The van der Waals surface area contributed by atoms with Gasteiger partial charge in [-0.1, -0.05) is 18.2 Å². The van der Waals surface area contributed by atoms with Crippen molar-refractivity contribution in [3.8, 4) is 0 Å². The number of hydrogen-bond donors (Lipinski definition) is 1. The van der Waals surface area contributed by atoms with E-state index in [1.165, 1.54) is 23.1 Å². The van der Waals surface area contributed by atoms with Crippen LogP contribution in [0.1, 0.15) is 19.0 Å². The van der Waals surface area contributed by atoms with Gasteiger partial charge in [0.15, 0.2) is 0 Å². The van der Waals surface area contributed by atoms with Crippen LogP contribution < -0.4 is 5.32 Å². The van der Waals surface area contributed by atoms with Crippen LogP contribution in [0.5, 0.6) is 0 Å². The minimum Gasteiger partial charge on any atom is -0.309 e. The number of thioether (sulfide) groups is 1. The summed E-state index contributed by atoms with van der Waals surface area (Å²) in [5.74, 6) is 1.21. The minimum atomic E-state index is 0.540. The van der Waals surface area contributed by atoms with Crippen LogP contribution in [0.15, 0.2) is 24.3 Å². The Hall–Kier alpha value is -1.00. The number of para-hydroxylation sites is 1.